The summed E-state index contributed by atoms with van der Waals surface area (Å²) in [6.07, 6.45) is 0. The molecule has 0 aromatic heterocycles. The summed E-state index contributed by atoms with van der Waals surface area (Å²) in [5.74, 6) is 0. The molecule has 0 unspecified atom stereocenters. The van der Waals surface area contributed by atoms with Crippen LogP contribution in [-0.2, 0) is 6.54 Å². The van der Waals surface area contributed by atoms with Gasteiger partial charge in [0.05, 0.1) is 10.0 Å². The van der Waals surface area contributed by atoms with Crippen LogP contribution in [0, 0.1) is 6.92 Å². The Hall–Kier alpha value is -0.260. The summed E-state index contributed by atoms with van der Waals surface area (Å²) in [5.41, 5.74) is 3.85. The van der Waals surface area contributed by atoms with E-state index in [0.717, 1.165) is 38.4 Å². The third-order valence-corrected chi connectivity index (χ3v) is 4.91. The standard InChI is InChI=1S/C18H20Cl2N2.2BrH/c1-14-2-4-15(5-3-14)13-21-8-10-22(11-9-21)16-6-7-17(19)18(20)12-16;;/h2-7,12H,8-11,13H2,1H3;2*1H. The van der Waals surface area contributed by atoms with Gasteiger partial charge in [-0.15, -0.1) is 34.0 Å². The summed E-state index contributed by atoms with van der Waals surface area (Å²) in [6, 6.07) is 14.7. The number of benzene rings is 2. The van der Waals surface area contributed by atoms with Crippen molar-refractivity contribution in [3.8, 4) is 0 Å². The van der Waals surface area contributed by atoms with Crippen LogP contribution in [0.15, 0.2) is 42.5 Å². The fourth-order valence-electron chi connectivity index (χ4n) is 2.80. The second-order valence-electron chi connectivity index (χ2n) is 5.85. The van der Waals surface area contributed by atoms with Gasteiger partial charge in [0.1, 0.15) is 0 Å². The van der Waals surface area contributed by atoms with Crippen LogP contribution in [0.3, 0.4) is 0 Å². The Kier molecular flexibility index (Phi) is 9.10. The van der Waals surface area contributed by atoms with Crippen molar-refractivity contribution >= 4 is 62.9 Å². The van der Waals surface area contributed by atoms with Gasteiger partial charge >= 0.3 is 0 Å². The molecular formula is C18H22Br2Cl2N2. The molecule has 1 heterocycles. The molecule has 2 nitrogen and oxygen atoms in total. The van der Waals surface area contributed by atoms with E-state index in [0.29, 0.717) is 10.0 Å². The zero-order chi connectivity index (χ0) is 15.5. The molecule has 6 heteroatoms. The molecule has 0 spiro atoms. The Morgan fingerprint density at radius 3 is 2.04 bits per heavy atom. The summed E-state index contributed by atoms with van der Waals surface area (Å²) in [7, 11) is 0. The second kappa shape index (κ2) is 10.0. The average Bonchev–Trinajstić information content (AvgIpc) is 2.53. The van der Waals surface area contributed by atoms with E-state index in [4.69, 9.17) is 23.2 Å². The molecule has 0 amide bonds. The first kappa shape index (κ1) is 21.8. The molecule has 132 valence electrons. The number of hydrogen-bond donors (Lipinski definition) is 0. The predicted octanol–water partition coefficient (Wildman–Crippen LogP) is 5.78. The number of piperazine rings is 1. The van der Waals surface area contributed by atoms with E-state index in [1.54, 1.807) is 0 Å². The average molecular weight is 497 g/mol. The van der Waals surface area contributed by atoms with E-state index in [-0.39, 0.29) is 34.0 Å². The van der Waals surface area contributed by atoms with Crippen LogP contribution in [0.25, 0.3) is 0 Å². The third-order valence-electron chi connectivity index (χ3n) is 4.17. The first-order valence-electron chi connectivity index (χ1n) is 7.60. The Labute approximate surface area is 175 Å². The summed E-state index contributed by atoms with van der Waals surface area (Å²) < 4.78 is 0. The Bertz CT molecular complexity index is 642. The van der Waals surface area contributed by atoms with Gasteiger partial charge in [-0.2, -0.15) is 0 Å². The van der Waals surface area contributed by atoms with Crippen molar-refractivity contribution in [3.05, 3.63) is 63.6 Å². The maximum atomic E-state index is 6.11. The molecule has 24 heavy (non-hydrogen) atoms. The third kappa shape index (κ3) is 5.63. The van der Waals surface area contributed by atoms with E-state index in [1.807, 2.05) is 18.2 Å². The molecule has 2 aromatic rings. The molecule has 3 rings (SSSR count). The monoisotopic (exact) mass is 494 g/mol. The molecule has 1 aliphatic rings. The summed E-state index contributed by atoms with van der Waals surface area (Å²) >= 11 is 12.1. The summed E-state index contributed by atoms with van der Waals surface area (Å²) in [4.78, 5) is 4.87. The molecular weight excluding hydrogens is 475 g/mol. The van der Waals surface area contributed by atoms with Gasteiger partial charge in [-0.05, 0) is 30.7 Å². The molecule has 0 aliphatic carbocycles. The van der Waals surface area contributed by atoms with Crippen LogP contribution in [0.1, 0.15) is 11.1 Å². The molecule has 0 radical (unpaired) electrons. The number of hydrogen-bond acceptors (Lipinski definition) is 2. The maximum Gasteiger partial charge on any atom is 0.0612 e. The van der Waals surface area contributed by atoms with Gasteiger partial charge < -0.3 is 4.90 Å². The Morgan fingerprint density at radius 1 is 0.833 bits per heavy atom. The largest absolute Gasteiger partial charge is 0.369 e. The number of rotatable bonds is 3. The SMILES string of the molecule is Br.Br.Cc1ccc(CN2CCN(c3ccc(Cl)c(Cl)c3)CC2)cc1. The highest BCUT2D eigenvalue weighted by Gasteiger charge is 2.17. The minimum absolute atomic E-state index is 0. The van der Waals surface area contributed by atoms with Crippen molar-refractivity contribution in [2.45, 2.75) is 13.5 Å². The molecule has 2 aromatic carbocycles. The molecule has 0 saturated carbocycles. The van der Waals surface area contributed by atoms with Gasteiger partial charge in [0.2, 0.25) is 0 Å². The quantitative estimate of drug-likeness (QED) is 0.531. The van der Waals surface area contributed by atoms with Crippen LogP contribution >= 0.6 is 57.2 Å². The Morgan fingerprint density at radius 2 is 1.46 bits per heavy atom. The zero-order valence-corrected chi connectivity index (χ0v) is 18.5. The topological polar surface area (TPSA) is 6.48 Å². The van der Waals surface area contributed by atoms with Gasteiger partial charge in [0.25, 0.3) is 0 Å². The fourth-order valence-corrected chi connectivity index (χ4v) is 3.09. The lowest BCUT2D eigenvalue weighted by Crippen LogP contribution is -2.45. The highest BCUT2D eigenvalue weighted by Crippen LogP contribution is 2.27. The van der Waals surface area contributed by atoms with Crippen LogP contribution in [-0.4, -0.2) is 31.1 Å². The molecule has 0 atom stereocenters. The summed E-state index contributed by atoms with van der Waals surface area (Å²) in [5, 5.41) is 1.24. The highest BCUT2D eigenvalue weighted by molar-refractivity contribution is 8.93. The predicted molar refractivity (Wildman–Crippen MR) is 116 cm³/mol. The van der Waals surface area contributed by atoms with Crippen molar-refractivity contribution in [2.24, 2.45) is 0 Å². The van der Waals surface area contributed by atoms with Gasteiger partial charge in [-0.25, -0.2) is 0 Å². The lowest BCUT2D eigenvalue weighted by Gasteiger charge is -2.36. The van der Waals surface area contributed by atoms with E-state index in [9.17, 15) is 0 Å². The Balaban J connectivity index is 0.00000144. The van der Waals surface area contributed by atoms with E-state index in [1.165, 1.54) is 11.1 Å². The first-order chi connectivity index (χ1) is 10.6. The van der Waals surface area contributed by atoms with Gasteiger partial charge in [-0.1, -0.05) is 53.0 Å². The molecule has 1 saturated heterocycles. The maximum absolute atomic E-state index is 6.11. The van der Waals surface area contributed by atoms with Crippen molar-refractivity contribution in [1.82, 2.24) is 4.90 Å². The van der Waals surface area contributed by atoms with Crippen LogP contribution < -0.4 is 4.90 Å². The zero-order valence-electron chi connectivity index (χ0n) is 13.5. The van der Waals surface area contributed by atoms with Crippen molar-refractivity contribution in [2.75, 3.05) is 31.1 Å². The van der Waals surface area contributed by atoms with E-state index < -0.39 is 0 Å². The lowest BCUT2D eigenvalue weighted by atomic mass is 10.1. The normalized spacial score (nSPS) is 14.7. The van der Waals surface area contributed by atoms with Gasteiger partial charge in [-0.3, -0.25) is 4.90 Å². The van der Waals surface area contributed by atoms with Crippen molar-refractivity contribution in [3.63, 3.8) is 0 Å². The molecule has 0 bridgehead atoms. The summed E-state index contributed by atoms with van der Waals surface area (Å²) in [6.45, 7) is 7.31. The van der Waals surface area contributed by atoms with Crippen molar-refractivity contribution < 1.29 is 0 Å². The van der Waals surface area contributed by atoms with Gasteiger partial charge in [0, 0.05) is 38.4 Å². The smallest absolute Gasteiger partial charge is 0.0612 e. The molecule has 1 fully saturated rings. The molecule has 0 N–H and O–H groups in total. The molecule has 1 aliphatic heterocycles. The minimum Gasteiger partial charge on any atom is -0.369 e. The van der Waals surface area contributed by atoms with Crippen LogP contribution in [0.4, 0.5) is 5.69 Å². The first-order valence-corrected chi connectivity index (χ1v) is 8.35. The minimum atomic E-state index is 0. The number of nitrogens with zero attached hydrogens (tertiary/aromatic N) is 2. The number of anilines is 1. The fraction of sp³-hybridized carbons (Fsp3) is 0.333. The highest BCUT2D eigenvalue weighted by atomic mass is 79.9. The van der Waals surface area contributed by atoms with Crippen LogP contribution in [0.5, 0.6) is 0 Å². The van der Waals surface area contributed by atoms with Gasteiger partial charge in [0.15, 0.2) is 0 Å². The lowest BCUT2D eigenvalue weighted by molar-refractivity contribution is 0.250. The number of halogens is 4. The van der Waals surface area contributed by atoms with E-state index in [2.05, 4.69) is 41.0 Å². The second-order valence-corrected chi connectivity index (χ2v) is 6.66. The van der Waals surface area contributed by atoms with Crippen molar-refractivity contribution in [1.29, 1.82) is 0 Å². The number of aryl methyl sites for hydroxylation is 1. The van der Waals surface area contributed by atoms with E-state index >= 15 is 0 Å². The van der Waals surface area contributed by atoms with Crippen LogP contribution in [0.2, 0.25) is 10.0 Å².